The number of piperidine rings is 1. The highest BCUT2D eigenvalue weighted by molar-refractivity contribution is 8.17. The van der Waals surface area contributed by atoms with Crippen LogP contribution in [-0.4, -0.2) is 58.1 Å². The molecule has 0 aromatic heterocycles. The number of carbonyl (C=O) groups excluding carboxylic acids is 3. The molecule has 7 nitrogen and oxygen atoms in total. The van der Waals surface area contributed by atoms with Crippen LogP contribution in [0.4, 0.5) is 0 Å². The third-order valence-electron chi connectivity index (χ3n) is 4.93. The molecular formula is C17H22N4O3S2. The number of carbonyl (C=O) groups is 3. The quantitative estimate of drug-likeness (QED) is 0.759. The Bertz CT molecular complexity index is 736. The van der Waals surface area contributed by atoms with Crippen LogP contribution in [0.25, 0.3) is 0 Å². The van der Waals surface area contributed by atoms with Crippen molar-refractivity contribution in [2.45, 2.75) is 26.7 Å². The molecule has 1 atom stereocenters. The van der Waals surface area contributed by atoms with Crippen LogP contribution in [0.2, 0.25) is 0 Å². The molecule has 1 saturated heterocycles. The number of hydrogen-bond acceptors (Lipinski definition) is 6. The van der Waals surface area contributed by atoms with E-state index in [9.17, 15) is 14.4 Å². The highest BCUT2D eigenvalue weighted by atomic mass is 32.2. The van der Waals surface area contributed by atoms with Gasteiger partial charge in [0.2, 0.25) is 11.8 Å². The van der Waals surface area contributed by atoms with Gasteiger partial charge in [-0.05, 0) is 37.2 Å². The zero-order valence-corrected chi connectivity index (χ0v) is 16.5. The summed E-state index contributed by atoms with van der Waals surface area (Å²) in [6.45, 7) is 5.07. The van der Waals surface area contributed by atoms with Gasteiger partial charge in [0.05, 0.1) is 16.5 Å². The molecular weight excluding hydrogens is 372 g/mol. The van der Waals surface area contributed by atoms with E-state index in [1.54, 1.807) is 4.90 Å². The zero-order valence-electron chi connectivity index (χ0n) is 14.9. The van der Waals surface area contributed by atoms with Gasteiger partial charge in [0, 0.05) is 19.0 Å². The third-order valence-corrected chi connectivity index (χ3v) is 7.00. The van der Waals surface area contributed by atoms with Crippen molar-refractivity contribution in [3.63, 3.8) is 0 Å². The topological polar surface area (TPSA) is 105 Å². The lowest BCUT2D eigenvalue weighted by molar-refractivity contribution is -0.132. The Morgan fingerprint density at radius 3 is 2.62 bits per heavy atom. The van der Waals surface area contributed by atoms with Crippen LogP contribution in [0.3, 0.4) is 0 Å². The van der Waals surface area contributed by atoms with E-state index in [1.165, 1.54) is 23.5 Å². The highest BCUT2D eigenvalue weighted by Crippen LogP contribution is 2.40. The first-order valence-corrected chi connectivity index (χ1v) is 10.5. The molecule has 9 heteroatoms. The number of allylic oxidation sites excluding steroid dienone is 1. The summed E-state index contributed by atoms with van der Waals surface area (Å²) in [5, 5.41) is 0.801. The fourth-order valence-electron chi connectivity index (χ4n) is 3.21. The van der Waals surface area contributed by atoms with Gasteiger partial charge in [-0.15, -0.1) is 11.8 Å². The molecule has 0 radical (unpaired) electrons. The summed E-state index contributed by atoms with van der Waals surface area (Å²) < 4.78 is 0. The number of nitrogens with two attached hydrogens (primary N) is 1. The van der Waals surface area contributed by atoms with E-state index in [2.05, 4.69) is 9.98 Å². The minimum atomic E-state index is -0.304. The van der Waals surface area contributed by atoms with Gasteiger partial charge in [0.1, 0.15) is 11.8 Å². The van der Waals surface area contributed by atoms with Gasteiger partial charge in [-0.3, -0.25) is 14.4 Å². The van der Waals surface area contributed by atoms with Crippen LogP contribution >= 0.6 is 23.5 Å². The summed E-state index contributed by atoms with van der Waals surface area (Å²) in [7, 11) is 0. The lowest BCUT2D eigenvalue weighted by atomic mass is 9.96. The second-order valence-electron chi connectivity index (χ2n) is 6.64. The van der Waals surface area contributed by atoms with Gasteiger partial charge in [0.15, 0.2) is 0 Å². The lowest BCUT2D eigenvalue weighted by Crippen LogP contribution is -2.42. The maximum atomic E-state index is 12.3. The Morgan fingerprint density at radius 2 is 1.96 bits per heavy atom. The maximum absolute atomic E-state index is 12.3. The molecule has 0 aromatic rings. The van der Waals surface area contributed by atoms with Gasteiger partial charge < -0.3 is 10.6 Å². The largest absolute Gasteiger partial charge is 0.369 e. The number of amides is 3. The fourth-order valence-corrected chi connectivity index (χ4v) is 5.12. The summed E-state index contributed by atoms with van der Waals surface area (Å²) in [4.78, 5) is 47.2. The Hall–Kier alpha value is -1.61. The number of thioether (sulfide) groups is 2. The first-order valence-electron chi connectivity index (χ1n) is 8.57. The molecule has 26 heavy (non-hydrogen) atoms. The van der Waals surface area contributed by atoms with Crippen LogP contribution in [0.5, 0.6) is 0 Å². The van der Waals surface area contributed by atoms with Crippen molar-refractivity contribution in [2.24, 2.45) is 27.6 Å². The smallest absolute Gasteiger partial charge is 0.261 e. The molecule has 3 heterocycles. The van der Waals surface area contributed by atoms with E-state index in [4.69, 9.17) is 5.73 Å². The van der Waals surface area contributed by atoms with Gasteiger partial charge >= 0.3 is 0 Å². The minimum Gasteiger partial charge on any atom is -0.369 e. The van der Waals surface area contributed by atoms with Crippen molar-refractivity contribution < 1.29 is 14.4 Å². The average Bonchev–Trinajstić information content (AvgIpc) is 2.89. The number of fused-ring (bicyclic) bond motifs is 1. The SMILES string of the molecule is CC1=C(C)C2C(=O)N=C(CSCC(=O)N3CCC(C(N)=O)CC3)N=C2S1. The Balaban J connectivity index is 1.47. The van der Waals surface area contributed by atoms with Crippen molar-refractivity contribution in [3.8, 4) is 0 Å². The summed E-state index contributed by atoms with van der Waals surface area (Å²) in [6, 6.07) is 0. The normalized spacial score (nSPS) is 23.7. The van der Waals surface area contributed by atoms with Crippen molar-refractivity contribution >= 4 is 52.1 Å². The van der Waals surface area contributed by atoms with Crippen LogP contribution in [-0.2, 0) is 14.4 Å². The molecule has 0 aromatic carbocycles. The summed E-state index contributed by atoms with van der Waals surface area (Å²) >= 11 is 2.95. The van der Waals surface area contributed by atoms with Gasteiger partial charge in [-0.1, -0.05) is 11.8 Å². The van der Waals surface area contributed by atoms with Crippen molar-refractivity contribution in [1.82, 2.24) is 4.90 Å². The molecule has 3 rings (SSSR count). The average molecular weight is 395 g/mol. The molecule has 1 fully saturated rings. The predicted octanol–water partition coefficient (Wildman–Crippen LogP) is 1.44. The van der Waals surface area contributed by atoms with Crippen molar-refractivity contribution in [2.75, 3.05) is 24.6 Å². The van der Waals surface area contributed by atoms with E-state index in [1.807, 2.05) is 13.8 Å². The lowest BCUT2D eigenvalue weighted by Gasteiger charge is -2.30. The van der Waals surface area contributed by atoms with E-state index >= 15 is 0 Å². The second-order valence-corrected chi connectivity index (χ2v) is 8.86. The van der Waals surface area contributed by atoms with Crippen molar-refractivity contribution in [1.29, 1.82) is 0 Å². The molecule has 0 aliphatic carbocycles. The Labute approximate surface area is 160 Å². The number of rotatable bonds is 5. The summed E-state index contributed by atoms with van der Waals surface area (Å²) in [5.41, 5.74) is 6.34. The maximum Gasteiger partial charge on any atom is 0.261 e. The molecule has 3 aliphatic rings. The fraction of sp³-hybridized carbons (Fsp3) is 0.588. The van der Waals surface area contributed by atoms with Crippen molar-refractivity contribution in [3.05, 3.63) is 10.5 Å². The van der Waals surface area contributed by atoms with Crippen LogP contribution in [0.15, 0.2) is 20.5 Å². The highest BCUT2D eigenvalue weighted by Gasteiger charge is 2.36. The molecule has 0 saturated carbocycles. The number of hydrogen-bond donors (Lipinski definition) is 1. The number of aliphatic imine (C=N–C) groups is 2. The molecule has 2 N–H and O–H groups in total. The number of likely N-dealkylation sites (tertiary alicyclic amines) is 1. The number of amidine groups is 1. The van der Waals surface area contributed by atoms with E-state index in [0.29, 0.717) is 43.3 Å². The van der Waals surface area contributed by atoms with Crippen LogP contribution in [0.1, 0.15) is 26.7 Å². The van der Waals surface area contributed by atoms with E-state index < -0.39 is 0 Å². The predicted molar refractivity (Wildman–Crippen MR) is 105 cm³/mol. The molecule has 0 bridgehead atoms. The molecule has 1 unspecified atom stereocenters. The summed E-state index contributed by atoms with van der Waals surface area (Å²) in [5.74, 6) is 0.401. The second kappa shape index (κ2) is 7.96. The standard InChI is InChI=1S/C17H22N4O3S2/c1-9-10(2)26-17-14(9)16(24)19-12(20-17)7-25-8-13(22)21-5-3-11(4-6-21)15(18)23/h11,14H,3-8H2,1-2H3,(H2,18,23). The monoisotopic (exact) mass is 394 g/mol. The first kappa shape index (κ1) is 19.2. The molecule has 140 valence electrons. The van der Waals surface area contributed by atoms with E-state index in [0.717, 1.165) is 15.5 Å². The Morgan fingerprint density at radius 1 is 1.27 bits per heavy atom. The number of primary amides is 1. The van der Waals surface area contributed by atoms with E-state index in [-0.39, 0.29) is 29.6 Å². The van der Waals surface area contributed by atoms with Gasteiger partial charge in [-0.25, -0.2) is 4.99 Å². The van der Waals surface area contributed by atoms with Crippen LogP contribution < -0.4 is 5.73 Å². The third kappa shape index (κ3) is 4.03. The van der Waals surface area contributed by atoms with Gasteiger partial charge in [0.25, 0.3) is 5.91 Å². The molecule has 0 spiro atoms. The number of nitrogens with zero attached hydrogens (tertiary/aromatic N) is 3. The summed E-state index contributed by atoms with van der Waals surface area (Å²) in [6.07, 6.45) is 1.26. The minimum absolute atomic E-state index is 0.0368. The van der Waals surface area contributed by atoms with Gasteiger partial charge in [-0.2, -0.15) is 4.99 Å². The molecule has 3 amide bonds. The first-order chi connectivity index (χ1) is 12.4. The molecule has 3 aliphatic heterocycles. The Kier molecular flexibility index (Phi) is 5.86. The zero-order chi connectivity index (χ0) is 18.8. The van der Waals surface area contributed by atoms with Crippen LogP contribution in [0, 0.1) is 11.8 Å².